The van der Waals surface area contributed by atoms with Gasteiger partial charge in [-0.3, -0.25) is 9.69 Å². The summed E-state index contributed by atoms with van der Waals surface area (Å²) in [5.74, 6) is 0.274. The van der Waals surface area contributed by atoms with Crippen molar-refractivity contribution in [3.8, 4) is 11.5 Å². The van der Waals surface area contributed by atoms with E-state index in [1.807, 2.05) is 18.9 Å². The summed E-state index contributed by atoms with van der Waals surface area (Å²) in [5, 5.41) is 15.5. The fraction of sp³-hybridized carbons (Fsp3) is 0.375. The Kier molecular flexibility index (Phi) is 10.4. The first-order chi connectivity index (χ1) is 20.9. The Bertz CT molecular complexity index is 1430. The molecule has 44 heavy (non-hydrogen) atoms. The third-order valence-electron chi connectivity index (χ3n) is 7.51. The molecule has 0 fully saturated rings. The van der Waals surface area contributed by atoms with E-state index in [2.05, 4.69) is 10.6 Å². The van der Waals surface area contributed by atoms with Gasteiger partial charge in [0.05, 0.1) is 36.6 Å². The molecule has 1 aliphatic heterocycles. The molecular formula is C32H37F3N4O5. The Morgan fingerprint density at radius 3 is 2.41 bits per heavy atom. The molecule has 3 aromatic rings. The monoisotopic (exact) mass is 614 g/mol. The Hall–Kier alpha value is -4.29. The van der Waals surface area contributed by atoms with Crippen LogP contribution in [0.4, 0.5) is 29.3 Å². The molecule has 12 heteroatoms. The molecule has 0 spiro atoms. The van der Waals surface area contributed by atoms with E-state index < -0.39 is 29.9 Å². The number of para-hydroxylation sites is 1. The first-order valence-electron chi connectivity index (χ1n) is 14.2. The Morgan fingerprint density at radius 1 is 1.11 bits per heavy atom. The number of aliphatic hydroxyl groups is 1. The molecule has 3 atom stereocenters. The largest absolute Gasteiger partial charge is 0.497 e. The number of likely N-dealkylation sites (N-methyl/N-ethyl adjacent to an activating group) is 1. The van der Waals surface area contributed by atoms with Gasteiger partial charge in [-0.15, -0.1) is 0 Å². The van der Waals surface area contributed by atoms with Crippen molar-refractivity contribution < 1.29 is 37.3 Å². The van der Waals surface area contributed by atoms with Crippen LogP contribution >= 0.6 is 0 Å². The van der Waals surface area contributed by atoms with Crippen molar-refractivity contribution in [3.05, 3.63) is 83.4 Å². The lowest BCUT2D eigenvalue weighted by Crippen LogP contribution is -2.49. The SMILES string of the molecule is COc1ccc(NC(=O)Nc2cccc3c2O[C@H](CN(C)Cc2ccc(C(F)(F)F)cc2)[C@H](C)CN([C@H](C)CO)C3=O)cc1. The summed E-state index contributed by atoms with van der Waals surface area (Å²) in [7, 11) is 3.38. The zero-order valence-electron chi connectivity index (χ0n) is 25.0. The maximum atomic E-state index is 13.7. The Morgan fingerprint density at radius 2 is 1.80 bits per heavy atom. The van der Waals surface area contributed by atoms with Crippen LogP contribution in [0.2, 0.25) is 0 Å². The number of carbonyl (C=O) groups excluding carboxylic acids is 2. The minimum absolute atomic E-state index is 0.192. The zero-order valence-corrected chi connectivity index (χ0v) is 25.0. The van der Waals surface area contributed by atoms with E-state index in [1.165, 1.54) is 12.1 Å². The van der Waals surface area contributed by atoms with Crippen LogP contribution in [0.3, 0.4) is 0 Å². The molecule has 0 aromatic heterocycles. The molecule has 1 aliphatic rings. The fourth-order valence-electron chi connectivity index (χ4n) is 5.00. The number of benzene rings is 3. The number of fused-ring (bicyclic) bond motifs is 1. The Balaban J connectivity index is 1.59. The molecule has 3 N–H and O–H groups in total. The number of amides is 3. The van der Waals surface area contributed by atoms with Gasteiger partial charge in [0.15, 0.2) is 5.75 Å². The number of alkyl halides is 3. The summed E-state index contributed by atoms with van der Waals surface area (Å²) in [6, 6.07) is 15.7. The summed E-state index contributed by atoms with van der Waals surface area (Å²) in [6.45, 7) is 4.46. The number of hydrogen-bond donors (Lipinski definition) is 3. The van der Waals surface area contributed by atoms with Gasteiger partial charge in [-0.2, -0.15) is 13.2 Å². The number of anilines is 2. The second-order valence-electron chi connectivity index (χ2n) is 11.0. The van der Waals surface area contributed by atoms with Crippen molar-refractivity contribution in [1.29, 1.82) is 0 Å². The minimum Gasteiger partial charge on any atom is -0.497 e. The van der Waals surface area contributed by atoms with Crippen LogP contribution in [-0.2, 0) is 12.7 Å². The smallest absolute Gasteiger partial charge is 0.416 e. The van der Waals surface area contributed by atoms with Gasteiger partial charge in [-0.25, -0.2) is 4.79 Å². The lowest BCUT2D eigenvalue weighted by atomic mass is 9.98. The second kappa shape index (κ2) is 14.0. The molecule has 0 radical (unpaired) electrons. The summed E-state index contributed by atoms with van der Waals surface area (Å²) >= 11 is 0. The number of rotatable bonds is 9. The summed E-state index contributed by atoms with van der Waals surface area (Å²) in [5.41, 5.74) is 1.02. The van der Waals surface area contributed by atoms with Gasteiger partial charge < -0.3 is 30.1 Å². The van der Waals surface area contributed by atoms with E-state index in [9.17, 15) is 27.9 Å². The third-order valence-corrected chi connectivity index (χ3v) is 7.51. The molecule has 9 nitrogen and oxygen atoms in total. The molecule has 3 aromatic carbocycles. The number of nitrogens with one attached hydrogen (secondary N) is 2. The van der Waals surface area contributed by atoms with Crippen LogP contribution in [0.5, 0.6) is 11.5 Å². The van der Waals surface area contributed by atoms with Crippen molar-refractivity contribution >= 4 is 23.3 Å². The van der Waals surface area contributed by atoms with E-state index in [0.717, 1.165) is 12.1 Å². The van der Waals surface area contributed by atoms with E-state index in [-0.39, 0.29) is 35.4 Å². The zero-order chi connectivity index (χ0) is 32.0. The number of urea groups is 1. The fourth-order valence-corrected chi connectivity index (χ4v) is 5.00. The highest BCUT2D eigenvalue weighted by atomic mass is 19.4. The van der Waals surface area contributed by atoms with E-state index in [0.29, 0.717) is 36.6 Å². The van der Waals surface area contributed by atoms with Crippen molar-refractivity contribution in [1.82, 2.24) is 9.80 Å². The lowest BCUT2D eigenvalue weighted by Gasteiger charge is -2.38. The average Bonchev–Trinajstić information content (AvgIpc) is 2.99. The predicted octanol–water partition coefficient (Wildman–Crippen LogP) is 5.71. The molecule has 0 aliphatic carbocycles. The molecule has 0 unspecified atom stereocenters. The minimum atomic E-state index is -4.41. The number of ether oxygens (including phenoxy) is 2. The predicted molar refractivity (Wildman–Crippen MR) is 161 cm³/mol. The normalized spacial score (nSPS) is 17.7. The van der Waals surface area contributed by atoms with Crippen LogP contribution in [-0.4, -0.2) is 72.8 Å². The molecule has 1 heterocycles. The number of halogens is 3. The first kappa shape index (κ1) is 32.6. The highest BCUT2D eigenvalue weighted by Gasteiger charge is 2.35. The third kappa shape index (κ3) is 8.00. The van der Waals surface area contributed by atoms with E-state index in [4.69, 9.17) is 9.47 Å². The van der Waals surface area contributed by atoms with E-state index in [1.54, 1.807) is 61.4 Å². The van der Waals surface area contributed by atoms with Crippen LogP contribution in [0.15, 0.2) is 66.7 Å². The number of aliphatic hydroxyl groups excluding tert-OH is 1. The molecule has 3 amide bonds. The molecule has 0 bridgehead atoms. The molecule has 0 saturated heterocycles. The van der Waals surface area contributed by atoms with Crippen molar-refractivity contribution in [2.75, 3.05) is 44.5 Å². The van der Waals surface area contributed by atoms with Crippen molar-refractivity contribution in [2.45, 2.75) is 38.7 Å². The molecule has 236 valence electrons. The van der Waals surface area contributed by atoms with Crippen LogP contribution in [0.1, 0.15) is 35.3 Å². The van der Waals surface area contributed by atoms with Gasteiger partial charge in [-0.05, 0) is 68.1 Å². The van der Waals surface area contributed by atoms with E-state index >= 15 is 0 Å². The topological polar surface area (TPSA) is 103 Å². The number of nitrogens with zero attached hydrogens (tertiary/aromatic N) is 2. The summed E-state index contributed by atoms with van der Waals surface area (Å²) in [4.78, 5) is 30.2. The maximum absolute atomic E-state index is 13.7. The maximum Gasteiger partial charge on any atom is 0.416 e. The molecule has 0 saturated carbocycles. The van der Waals surface area contributed by atoms with Crippen LogP contribution in [0, 0.1) is 5.92 Å². The number of hydrogen-bond acceptors (Lipinski definition) is 6. The van der Waals surface area contributed by atoms with Gasteiger partial charge in [0, 0.05) is 31.2 Å². The second-order valence-corrected chi connectivity index (χ2v) is 11.0. The Labute approximate surface area is 254 Å². The van der Waals surface area contributed by atoms with Crippen molar-refractivity contribution in [3.63, 3.8) is 0 Å². The molecule has 4 rings (SSSR count). The van der Waals surface area contributed by atoms with Crippen LogP contribution in [0.25, 0.3) is 0 Å². The van der Waals surface area contributed by atoms with Gasteiger partial charge in [0.25, 0.3) is 5.91 Å². The number of methoxy groups -OCH3 is 1. The first-order valence-corrected chi connectivity index (χ1v) is 14.2. The van der Waals surface area contributed by atoms with Crippen molar-refractivity contribution in [2.24, 2.45) is 5.92 Å². The van der Waals surface area contributed by atoms with Gasteiger partial charge >= 0.3 is 12.2 Å². The summed E-state index contributed by atoms with van der Waals surface area (Å²) in [6.07, 6.45) is -4.89. The van der Waals surface area contributed by atoms with Gasteiger partial charge in [-0.1, -0.05) is 25.1 Å². The highest BCUT2D eigenvalue weighted by Crippen LogP contribution is 2.35. The quantitative estimate of drug-likeness (QED) is 0.285. The van der Waals surface area contributed by atoms with Gasteiger partial charge in [0.2, 0.25) is 0 Å². The highest BCUT2D eigenvalue weighted by molar-refractivity contribution is 6.04. The number of carbonyl (C=O) groups is 2. The molecular weight excluding hydrogens is 577 g/mol. The lowest BCUT2D eigenvalue weighted by molar-refractivity contribution is -0.137. The summed E-state index contributed by atoms with van der Waals surface area (Å²) < 4.78 is 50.7. The van der Waals surface area contributed by atoms with Gasteiger partial charge in [0.1, 0.15) is 11.9 Å². The van der Waals surface area contributed by atoms with Crippen LogP contribution < -0.4 is 20.1 Å². The standard InChI is InChI=1S/C32H37F3N4O5/c1-20-16-39(21(2)19-40)30(41)26-6-5-7-27(37-31(42)36-24-12-14-25(43-4)15-13-24)29(26)44-28(20)18-38(3)17-22-8-10-23(11-9-22)32(33,34)35/h5-15,20-21,28,40H,16-19H2,1-4H3,(H2,36,37,42)/t20-,21-,28-/m1/s1. The average molecular weight is 615 g/mol.